The van der Waals surface area contributed by atoms with Crippen molar-refractivity contribution in [3.05, 3.63) is 16.1 Å². The summed E-state index contributed by atoms with van der Waals surface area (Å²) in [6.45, 7) is 2.24. The number of rotatable bonds is 6. The third kappa shape index (κ3) is 5.27. The van der Waals surface area contributed by atoms with E-state index in [2.05, 4.69) is 15.6 Å². The summed E-state index contributed by atoms with van der Waals surface area (Å²) in [5, 5.41) is 7.55. The second-order valence-electron chi connectivity index (χ2n) is 7.40. The fraction of sp³-hybridized carbons (Fsp3) is 0.737. The zero-order chi connectivity index (χ0) is 18.4. The number of amides is 1. The normalized spacial score (nSPS) is 24.2. The van der Waals surface area contributed by atoms with Crippen LogP contribution in [0.25, 0.3) is 0 Å². The Morgan fingerprint density at radius 3 is 2.65 bits per heavy atom. The highest BCUT2D eigenvalue weighted by atomic mass is 32.1. The zero-order valence-electron chi connectivity index (χ0n) is 15.5. The first-order valence-corrected chi connectivity index (χ1v) is 10.5. The van der Waals surface area contributed by atoms with Crippen molar-refractivity contribution in [1.29, 1.82) is 0 Å². The minimum absolute atomic E-state index is 0.0156. The summed E-state index contributed by atoms with van der Waals surface area (Å²) >= 11 is 1.51. The van der Waals surface area contributed by atoms with Crippen LogP contribution >= 0.6 is 11.3 Å². The molecule has 1 aromatic rings. The van der Waals surface area contributed by atoms with Gasteiger partial charge in [0.2, 0.25) is 0 Å². The lowest BCUT2D eigenvalue weighted by atomic mass is 9.86. The Balaban J connectivity index is 1.42. The van der Waals surface area contributed by atoms with Gasteiger partial charge >= 0.3 is 5.97 Å². The summed E-state index contributed by atoms with van der Waals surface area (Å²) < 4.78 is 4.81. The number of carbonyl (C=O) groups is 2. The monoisotopic (exact) mass is 379 g/mol. The van der Waals surface area contributed by atoms with Gasteiger partial charge in [-0.25, -0.2) is 4.98 Å². The molecule has 3 rings (SSSR count). The Labute approximate surface area is 159 Å². The number of piperidine rings is 1. The third-order valence-corrected chi connectivity index (χ3v) is 6.66. The molecule has 1 aromatic heterocycles. The molecular weight excluding hydrogens is 350 g/mol. The molecule has 0 aromatic carbocycles. The number of aryl methyl sites for hydroxylation is 1. The molecule has 6 nitrogen and oxygen atoms in total. The van der Waals surface area contributed by atoms with Gasteiger partial charge in [0.05, 0.1) is 24.2 Å². The second-order valence-corrected chi connectivity index (χ2v) is 8.51. The molecule has 2 N–H and O–H groups in total. The number of nitrogens with zero attached hydrogens (tertiary/aromatic N) is 1. The Bertz CT molecular complexity index is 605. The first-order valence-electron chi connectivity index (χ1n) is 9.70. The SMILES string of the molecule is COC(=O)C1CCC(NC(=O)c2cnc(CCC3CCNCC3)s2)CC1. The molecule has 1 saturated carbocycles. The molecule has 1 aliphatic carbocycles. The molecule has 2 fully saturated rings. The largest absolute Gasteiger partial charge is 0.469 e. The third-order valence-electron chi connectivity index (χ3n) is 5.60. The van der Waals surface area contributed by atoms with Gasteiger partial charge in [0.1, 0.15) is 4.88 Å². The molecule has 0 bridgehead atoms. The van der Waals surface area contributed by atoms with E-state index in [4.69, 9.17) is 4.74 Å². The minimum Gasteiger partial charge on any atom is -0.469 e. The Kier molecular flexibility index (Phi) is 7.02. The van der Waals surface area contributed by atoms with E-state index >= 15 is 0 Å². The quantitative estimate of drug-likeness (QED) is 0.743. The predicted molar refractivity (Wildman–Crippen MR) is 101 cm³/mol. The van der Waals surface area contributed by atoms with E-state index in [1.165, 1.54) is 31.3 Å². The predicted octanol–water partition coefficient (Wildman–Crippen LogP) is 2.54. The fourth-order valence-electron chi connectivity index (χ4n) is 3.93. The molecule has 0 radical (unpaired) electrons. The number of esters is 1. The van der Waals surface area contributed by atoms with E-state index in [0.717, 1.165) is 62.5 Å². The number of nitrogens with one attached hydrogen (secondary N) is 2. The van der Waals surface area contributed by atoms with Crippen molar-refractivity contribution in [2.75, 3.05) is 20.2 Å². The van der Waals surface area contributed by atoms with Crippen LogP contribution in [-0.4, -0.2) is 43.1 Å². The maximum absolute atomic E-state index is 12.5. The first-order chi connectivity index (χ1) is 12.7. The van der Waals surface area contributed by atoms with E-state index in [-0.39, 0.29) is 23.8 Å². The number of methoxy groups -OCH3 is 1. The number of carbonyl (C=O) groups excluding carboxylic acids is 2. The van der Waals surface area contributed by atoms with Crippen molar-refractivity contribution in [1.82, 2.24) is 15.6 Å². The van der Waals surface area contributed by atoms with Gasteiger partial charge < -0.3 is 15.4 Å². The Hall–Kier alpha value is -1.47. The molecule has 2 heterocycles. The molecule has 0 unspecified atom stereocenters. The molecule has 1 saturated heterocycles. The number of hydrogen-bond acceptors (Lipinski definition) is 6. The molecular formula is C19H29N3O3S. The molecule has 2 aliphatic rings. The van der Waals surface area contributed by atoms with Crippen LogP contribution in [-0.2, 0) is 16.0 Å². The van der Waals surface area contributed by atoms with Crippen molar-refractivity contribution in [2.45, 2.75) is 57.4 Å². The van der Waals surface area contributed by atoms with Crippen molar-refractivity contribution in [2.24, 2.45) is 11.8 Å². The lowest BCUT2D eigenvalue weighted by Gasteiger charge is -2.27. The van der Waals surface area contributed by atoms with E-state index in [1.54, 1.807) is 6.20 Å². The lowest BCUT2D eigenvalue weighted by molar-refractivity contribution is -0.146. The Morgan fingerprint density at radius 1 is 1.23 bits per heavy atom. The minimum atomic E-state index is -0.129. The van der Waals surface area contributed by atoms with E-state index < -0.39 is 0 Å². The number of ether oxygens (including phenoxy) is 1. The summed E-state index contributed by atoms with van der Waals surface area (Å²) in [7, 11) is 1.43. The van der Waals surface area contributed by atoms with E-state index in [1.807, 2.05) is 0 Å². The summed E-state index contributed by atoms with van der Waals surface area (Å²) in [4.78, 5) is 29.2. The van der Waals surface area contributed by atoms with Crippen LogP contribution in [0.1, 0.15) is 59.6 Å². The maximum Gasteiger partial charge on any atom is 0.308 e. The summed E-state index contributed by atoms with van der Waals surface area (Å²) in [5.41, 5.74) is 0. The summed E-state index contributed by atoms with van der Waals surface area (Å²) in [6.07, 6.45) is 9.53. The van der Waals surface area contributed by atoms with Gasteiger partial charge in [-0.05, 0) is 70.4 Å². The highest BCUT2D eigenvalue weighted by Crippen LogP contribution is 2.26. The summed E-state index contributed by atoms with van der Waals surface area (Å²) in [5.74, 6) is 0.605. The van der Waals surface area contributed by atoms with Gasteiger partial charge in [0.25, 0.3) is 5.91 Å². The van der Waals surface area contributed by atoms with E-state index in [0.29, 0.717) is 4.88 Å². The fourth-order valence-corrected chi connectivity index (χ4v) is 4.76. The van der Waals surface area contributed by atoms with Crippen LogP contribution in [0.4, 0.5) is 0 Å². The van der Waals surface area contributed by atoms with Crippen molar-refractivity contribution < 1.29 is 14.3 Å². The average Bonchev–Trinajstić information content (AvgIpc) is 3.16. The van der Waals surface area contributed by atoms with E-state index in [9.17, 15) is 9.59 Å². The first kappa shape index (κ1) is 19.3. The van der Waals surface area contributed by atoms with Crippen LogP contribution < -0.4 is 10.6 Å². The van der Waals surface area contributed by atoms with Crippen molar-refractivity contribution in [3.63, 3.8) is 0 Å². The summed E-state index contributed by atoms with van der Waals surface area (Å²) in [6, 6.07) is 0.142. The highest BCUT2D eigenvalue weighted by molar-refractivity contribution is 7.13. The van der Waals surface area contributed by atoms with Crippen LogP contribution in [0.15, 0.2) is 6.20 Å². The standard InChI is InChI=1S/C19H29N3O3S/c1-25-19(24)14-3-5-15(6-4-14)22-18(23)16-12-21-17(26-16)7-2-13-8-10-20-11-9-13/h12-15,20H,2-11H2,1H3,(H,22,23). The second kappa shape index (κ2) is 9.46. The molecule has 144 valence electrons. The van der Waals surface area contributed by atoms with Gasteiger partial charge in [-0.15, -0.1) is 11.3 Å². The molecule has 0 atom stereocenters. The zero-order valence-corrected chi connectivity index (χ0v) is 16.3. The van der Waals surface area contributed by atoms with Crippen LogP contribution in [0.5, 0.6) is 0 Å². The van der Waals surface area contributed by atoms with Gasteiger partial charge in [0.15, 0.2) is 0 Å². The molecule has 7 heteroatoms. The molecule has 1 aliphatic heterocycles. The topological polar surface area (TPSA) is 80.3 Å². The lowest BCUT2D eigenvalue weighted by Crippen LogP contribution is -2.38. The smallest absolute Gasteiger partial charge is 0.308 e. The Morgan fingerprint density at radius 2 is 1.96 bits per heavy atom. The molecule has 26 heavy (non-hydrogen) atoms. The number of thiazole rings is 1. The highest BCUT2D eigenvalue weighted by Gasteiger charge is 2.28. The average molecular weight is 380 g/mol. The van der Waals surface area contributed by atoms with Gasteiger partial charge in [-0.2, -0.15) is 0 Å². The van der Waals surface area contributed by atoms with Gasteiger partial charge in [-0.3, -0.25) is 9.59 Å². The van der Waals surface area contributed by atoms with Crippen LogP contribution in [0.3, 0.4) is 0 Å². The number of hydrogen-bond donors (Lipinski definition) is 2. The van der Waals surface area contributed by atoms with Gasteiger partial charge in [-0.1, -0.05) is 0 Å². The number of aromatic nitrogens is 1. The van der Waals surface area contributed by atoms with Gasteiger partial charge in [0, 0.05) is 6.04 Å². The molecule has 0 spiro atoms. The molecule has 1 amide bonds. The maximum atomic E-state index is 12.5. The van der Waals surface area contributed by atoms with Crippen molar-refractivity contribution >= 4 is 23.2 Å². The van der Waals surface area contributed by atoms with Crippen LogP contribution in [0, 0.1) is 11.8 Å². The van der Waals surface area contributed by atoms with Crippen molar-refractivity contribution in [3.8, 4) is 0 Å². The van der Waals surface area contributed by atoms with Crippen LogP contribution in [0.2, 0.25) is 0 Å².